The molecule has 2 rings (SSSR count). The summed E-state index contributed by atoms with van der Waals surface area (Å²) in [5, 5.41) is 4.35. The number of aromatic nitrogens is 2. The van der Waals surface area contributed by atoms with Crippen molar-refractivity contribution in [1.29, 1.82) is 0 Å². The van der Waals surface area contributed by atoms with Crippen molar-refractivity contribution in [3.8, 4) is 5.75 Å². The molecule has 0 fully saturated rings. The highest BCUT2D eigenvalue weighted by molar-refractivity contribution is 9.10. The summed E-state index contributed by atoms with van der Waals surface area (Å²) in [4.78, 5) is 0. The number of nitrogens with zero attached hydrogens (tertiary/aromatic N) is 2. The first-order valence-corrected chi connectivity index (χ1v) is 7.48. The molecular formula is C15H20BrN3O2. The lowest BCUT2D eigenvalue weighted by molar-refractivity contribution is 0.182. The Balaban J connectivity index is 2.42. The third-order valence-electron chi connectivity index (χ3n) is 3.36. The van der Waals surface area contributed by atoms with Crippen LogP contribution in [-0.4, -0.2) is 30.6 Å². The molecule has 0 spiro atoms. The molecule has 1 aromatic carbocycles. The summed E-state index contributed by atoms with van der Waals surface area (Å²) >= 11 is 3.53. The number of benzene rings is 1. The quantitative estimate of drug-likeness (QED) is 0.866. The largest absolute Gasteiger partial charge is 0.496 e. The van der Waals surface area contributed by atoms with Gasteiger partial charge in [0.1, 0.15) is 5.75 Å². The van der Waals surface area contributed by atoms with Gasteiger partial charge in [0, 0.05) is 12.7 Å². The van der Waals surface area contributed by atoms with Crippen LogP contribution in [0.3, 0.4) is 0 Å². The molecule has 1 unspecified atom stereocenters. The molecular weight excluding hydrogens is 334 g/mol. The lowest BCUT2D eigenvalue weighted by atomic mass is 10.0. The molecule has 0 aliphatic heterocycles. The summed E-state index contributed by atoms with van der Waals surface area (Å²) in [5.41, 5.74) is 9.46. The van der Waals surface area contributed by atoms with E-state index in [2.05, 4.69) is 21.0 Å². The highest BCUT2D eigenvalue weighted by atomic mass is 79.9. The number of methoxy groups -OCH3 is 2. The van der Waals surface area contributed by atoms with Crippen molar-refractivity contribution >= 4 is 15.9 Å². The second-order valence-electron chi connectivity index (χ2n) is 4.82. The van der Waals surface area contributed by atoms with E-state index in [1.807, 2.05) is 29.8 Å². The molecule has 2 aromatic rings. The van der Waals surface area contributed by atoms with Crippen LogP contribution in [0, 0.1) is 6.92 Å². The molecule has 2 N–H and O–H groups in total. The van der Waals surface area contributed by atoms with Crippen molar-refractivity contribution < 1.29 is 9.47 Å². The number of hydrogen-bond donors (Lipinski definition) is 1. The fourth-order valence-electron chi connectivity index (χ4n) is 2.28. The van der Waals surface area contributed by atoms with Crippen LogP contribution in [0.5, 0.6) is 5.75 Å². The summed E-state index contributed by atoms with van der Waals surface area (Å²) in [5.74, 6) is 0.777. The van der Waals surface area contributed by atoms with Crippen LogP contribution in [0.25, 0.3) is 0 Å². The van der Waals surface area contributed by atoms with E-state index in [0.717, 1.165) is 27.0 Å². The second kappa shape index (κ2) is 7.06. The van der Waals surface area contributed by atoms with E-state index in [4.69, 9.17) is 15.2 Å². The Bertz CT molecular complexity index is 613. The Morgan fingerprint density at radius 1 is 1.38 bits per heavy atom. The van der Waals surface area contributed by atoms with Crippen molar-refractivity contribution in [3.63, 3.8) is 0 Å². The molecule has 6 heteroatoms. The predicted molar refractivity (Wildman–Crippen MR) is 85.6 cm³/mol. The highest BCUT2D eigenvalue weighted by Gasteiger charge is 2.21. The second-order valence-corrected chi connectivity index (χ2v) is 5.67. The number of ether oxygens (including phenoxy) is 2. The lowest BCUT2D eigenvalue weighted by Gasteiger charge is -2.18. The minimum Gasteiger partial charge on any atom is -0.496 e. The van der Waals surface area contributed by atoms with Gasteiger partial charge in [-0.2, -0.15) is 5.10 Å². The van der Waals surface area contributed by atoms with Gasteiger partial charge in [-0.15, -0.1) is 0 Å². The molecule has 0 aliphatic rings. The van der Waals surface area contributed by atoms with E-state index < -0.39 is 0 Å². The van der Waals surface area contributed by atoms with Crippen LogP contribution in [0.2, 0.25) is 0 Å². The van der Waals surface area contributed by atoms with Gasteiger partial charge in [-0.3, -0.25) is 4.68 Å². The van der Waals surface area contributed by atoms with Gasteiger partial charge in [0.25, 0.3) is 0 Å². The molecule has 0 saturated carbocycles. The zero-order valence-corrected chi connectivity index (χ0v) is 14.1. The van der Waals surface area contributed by atoms with Gasteiger partial charge in [-0.05, 0) is 28.9 Å². The molecule has 114 valence electrons. The molecule has 1 aromatic heterocycles. The van der Waals surface area contributed by atoms with E-state index in [1.165, 1.54) is 0 Å². The monoisotopic (exact) mass is 353 g/mol. The summed E-state index contributed by atoms with van der Waals surface area (Å²) in [6, 6.07) is 5.66. The van der Waals surface area contributed by atoms with Crippen LogP contribution >= 0.6 is 15.9 Å². The van der Waals surface area contributed by atoms with Crippen LogP contribution in [0.15, 0.2) is 28.9 Å². The third kappa shape index (κ3) is 3.45. The molecule has 1 heterocycles. The Morgan fingerprint density at radius 2 is 2.14 bits per heavy atom. The fourth-order valence-corrected chi connectivity index (χ4v) is 2.82. The van der Waals surface area contributed by atoms with Gasteiger partial charge in [-0.1, -0.05) is 17.7 Å². The molecule has 21 heavy (non-hydrogen) atoms. The average Bonchev–Trinajstić information content (AvgIpc) is 2.85. The molecule has 5 nitrogen and oxygen atoms in total. The number of hydrogen-bond acceptors (Lipinski definition) is 4. The number of aryl methyl sites for hydroxylation is 1. The minimum absolute atomic E-state index is 0.325. The van der Waals surface area contributed by atoms with E-state index in [0.29, 0.717) is 13.2 Å². The first kappa shape index (κ1) is 16.0. The first-order chi connectivity index (χ1) is 10.1. The zero-order chi connectivity index (χ0) is 15.4. The van der Waals surface area contributed by atoms with Crippen LogP contribution in [0.4, 0.5) is 0 Å². The smallest absolute Gasteiger partial charge is 0.124 e. The third-order valence-corrected chi connectivity index (χ3v) is 3.97. The molecule has 0 bridgehead atoms. The molecule has 0 saturated heterocycles. The fraction of sp³-hybridized carbons (Fsp3) is 0.400. The Kier molecular flexibility index (Phi) is 5.39. The van der Waals surface area contributed by atoms with Crippen molar-refractivity contribution in [2.24, 2.45) is 5.73 Å². The van der Waals surface area contributed by atoms with Gasteiger partial charge in [-0.25, -0.2) is 0 Å². The predicted octanol–water partition coefficient (Wildman–Crippen LogP) is 2.66. The normalized spacial score (nSPS) is 12.4. The number of nitrogens with two attached hydrogens (primary N) is 1. The first-order valence-electron chi connectivity index (χ1n) is 6.68. The number of halogens is 1. The Hall–Kier alpha value is -1.37. The Labute approximate surface area is 133 Å². The van der Waals surface area contributed by atoms with E-state index >= 15 is 0 Å². The SMILES string of the molecule is COCCn1ncc(Br)c1C(N)c1cc(C)ccc1OC. The van der Waals surface area contributed by atoms with Crippen molar-refractivity contribution in [2.45, 2.75) is 19.5 Å². The van der Waals surface area contributed by atoms with Crippen LogP contribution in [-0.2, 0) is 11.3 Å². The topological polar surface area (TPSA) is 62.3 Å². The summed E-state index contributed by atoms with van der Waals surface area (Å²) in [7, 11) is 3.32. The highest BCUT2D eigenvalue weighted by Crippen LogP contribution is 2.32. The minimum atomic E-state index is -0.325. The van der Waals surface area contributed by atoms with Gasteiger partial charge in [0.2, 0.25) is 0 Å². The lowest BCUT2D eigenvalue weighted by Crippen LogP contribution is -2.20. The van der Waals surface area contributed by atoms with E-state index in [-0.39, 0.29) is 6.04 Å². The van der Waals surface area contributed by atoms with Crippen LogP contribution < -0.4 is 10.5 Å². The zero-order valence-electron chi connectivity index (χ0n) is 12.5. The summed E-state index contributed by atoms with van der Waals surface area (Å²) in [6.45, 7) is 3.27. The standard InChI is InChI=1S/C15H20BrN3O2/c1-10-4-5-13(21-3)11(8-10)14(17)15-12(16)9-18-19(15)6-7-20-2/h4-5,8-9,14H,6-7,17H2,1-3H3. The number of rotatable bonds is 6. The average molecular weight is 354 g/mol. The maximum Gasteiger partial charge on any atom is 0.124 e. The molecule has 0 aliphatic carbocycles. The van der Waals surface area contributed by atoms with Crippen molar-refractivity contribution in [3.05, 3.63) is 45.7 Å². The van der Waals surface area contributed by atoms with Gasteiger partial charge < -0.3 is 15.2 Å². The van der Waals surface area contributed by atoms with Gasteiger partial charge in [0.15, 0.2) is 0 Å². The Morgan fingerprint density at radius 3 is 2.81 bits per heavy atom. The maximum absolute atomic E-state index is 6.47. The summed E-state index contributed by atoms with van der Waals surface area (Å²) in [6.07, 6.45) is 1.76. The van der Waals surface area contributed by atoms with Gasteiger partial charge in [0.05, 0.1) is 42.7 Å². The van der Waals surface area contributed by atoms with Gasteiger partial charge >= 0.3 is 0 Å². The summed E-state index contributed by atoms with van der Waals surface area (Å²) < 4.78 is 13.3. The van der Waals surface area contributed by atoms with Crippen molar-refractivity contribution in [1.82, 2.24) is 9.78 Å². The van der Waals surface area contributed by atoms with E-state index in [9.17, 15) is 0 Å². The molecule has 1 atom stereocenters. The molecule has 0 radical (unpaired) electrons. The maximum atomic E-state index is 6.47. The van der Waals surface area contributed by atoms with Crippen molar-refractivity contribution in [2.75, 3.05) is 20.8 Å². The van der Waals surface area contributed by atoms with Crippen LogP contribution in [0.1, 0.15) is 22.9 Å². The van der Waals surface area contributed by atoms with E-state index in [1.54, 1.807) is 20.4 Å². The molecule has 0 amide bonds.